The number of hydrogen-bond donors (Lipinski definition) is 1. The number of rotatable bonds is 6. The zero-order valence-corrected chi connectivity index (χ0v) is 11.0. The van der Waals surface area contributed by atoms with E-state index in [1.54, 1.807) is 13.8 Å². The first-order valence-electron chi connectivity index (χ1n) is 5.78. The number of nitro benzene ring substituents is 1. The third-order valence-electron chi connectivity index (χ3n) is 2.45. The van der Waals surface area contributed by atoms with Crippen molar-refractivity contribution in [2.24, 2.45) is 0 Å². The summed E-state index contributed by atoms with van der Waals surface area (Å²) in [5, 5.41) is 13.4. The van der Waals surface area contributed by atoms with Crippen LogP contribution >= 0.6 is 0 Å². The SMILES string of the molecule is CCOC(C)(C)CNc1cc(F)cc(F)c1[N+](=O)[O-]. The first kappa shape index (κ1) is 15.3. The second kappa shape index (κ2) is 5.92. The summed E-state index contributed by atoms with van der Waals surface area (Å²) in [6, 6.07) is 1.38. The fraction of sp³-hybridized carbons (Fsp3) is 0.500. The summed E-state index contributed by atoms with van der Waals surface area (Å²) >= 11 is 0. The van der Waals surface area contributed by atoms with Crippen molar-refractivity contribution in [3.8, 4) is 0 Å². The lowest BCUT2D eigenvalue weighted by molar-refractivity contribution is -0.386. The van der Waals surface area contributed by atoms with E-state index in [-0.39, 0.29) is 12.2 Å². The molecule has 106 valence electrons. The minimum absolute atomic E-state index is 0.185. The molecule has 0 radical (unpaired) electrons. The zero-order chi connectivity index (χ0) is 14.6. The van der Waals surface area contributed by atoms with E-state index in [4.69, 9.17) is 4.74 Å². The molecule has 0 saturated heterocycles. The molecular weight excluding hydrogens is 258 g/mol. The first-order valence-corrected chi connectivity index (χ1v) is 5.78. The van der Waals surface area contributed by atoms with E-state index < -0.39 is 27.8 Å². The van der Waals surface area contributed by atoms with Crippen molar-refractivity contribution in [1.29, 1.82) is 0 Å². The van der Waals surface area contributed by atoms with Crippen molar-refractivity contribution < 1.29 is 18.4 Å². The van der Waals surface area contributed by atoms with Gasteiger partial charge in [0.2, 0.25) is 5.82 Å². The van der Waals surface area contributed by atoms with Crippen LogP contribution in [0.2, 0.25) is 0 Å². The van der Waals surface area contributed by atoms with Crippen LogP contribution in [0.4, 0.5) is 20.2 Å². The van der Waals surface area contributed by atoms with Crippen molar-refractivity contribution in [1.82, 2.24) is 0 Å². The van der Waals surface area contributed by atoms with Gasteiger partial charge in [-0.05, 0) is 20.8 Å². The van der Waals surface area contributed by atoms with Crippen LogP contribution in [0.15, 0.2) is 12.1 Å². The van der Waals surface area contributed by atoms with Gasteiger partial charge >= 0.3 is 5.69 Å². The highest BCUT2D eigenvalue weighted by molar-refractivity contribution is 5.62. The van der Waals surface area contributed by atoms with E-state index in [1.807, 2.05) is 6.92 Å². The molecule has 7 heteroatoms. The van der Waals surface area contributed by atoms with Gasteiger partial charge < -0.3 is 10.1 Å². The standard InChI is InChI=1S/C12H16F2N2O3/c1-4-19-12(2,3)7-15-10-6-8(13)5-9(14)11(10)16(17)18/h5-6,15H,4,7H2,1-3H3. The molecular formula is C12H16F2N2O3. The van der Waals surface area contributed by atoms with E-state index >= 15 is 0 Å². The number of anilines is 1. The zero-order valence-electron chi connectivity index (χ0n) is 11.0. The van der Waals surface area contributed by atoms with E-state index in [0.717, 1.165) is 6.07 Å². The Morgan fingerprint density at radius 3 is 2.58 bits per heavy atom. The second-order valence-electron chi connectivity index (χ2n) is 4.59. The maximum atomic E-state index is 13.4. The van der Waals surface area contributed by atoms with E-state index in [2.05, 4.69) is 5.32 Å². The fourth-order valence-corrected chi connectivity index (χ4v) is 1.64. The Morgan fingerprint density at radius 1 is 1.42 bits per heavy atom. The first-order chi connectivity index (χ1) is 8.76. The number of nitrogens with one attached hydrogen (secondary N) is 1. The highest BCUT2D eigenvalue weighted by Gasteiger charge is 2.24. The Kier molecular flexibility index (Phi) is 4.77. The summed E-state index contributed by atoms with van der Waals surface area (Å²) in [4.78, 5) is 9.89. The molecule has 19 heavy (non-hydrogen) atoms. The highest BCUT2D eigenvalue weighted by atomic mass is 19.1. The quantitative estimate of drug-likeness (QED) is 0.639. The van der Waals surface area contributed by atoms with Gasteiger partial charge in [0, 0.05) is 25.3 Å². The Bertz CT molecular complexity index is 478. The lowest BCUT2D eigenvalue weighted by atomic mass is 10.1. The molecule has 0 aliphatic rings. The number of ether oxygens (including phenoxy) is 1. The van der Waals surface area contributed by atoms with Crippen LogP contribution in [0.5, 0.6) is 0 Å². The van der Waals surface area contributed by atoms with Crippen LogP contribution in [0.3, 0.4) is 0 Å². The van der Waals surface area contributed by atoms with Gasteiger partial charge in [0.15, 0.2) is 0 Å². The van der Waals surface area contributed by atoms with Gasteiger partial charge in [-0.25, -0.2) is 4.39 Å². The Hall–Kier alpha value is -1.76. The molecule has 0 fully saturated rings. The van der Waals surface area contributed by atoms with Gasteiger partial charge in [0.05, 0.1) is 10.5 Å². The molecule has 1 N–H and O–H groups in total. The third-order valence-corrected chi connectivity index (χ3v) is 2.45. The summed E-state index contributed by atoms with van der Waals surface area (Å²) in [6.45, 7) is 6.00. The summed E-state index contributed by atoms with van der Waals surface area (Å²) < 4.78 is 31.9. The molecule has 0 bridgehead atoms. The Balaban J connectivity index is 2.97. The molecule has 5 nitrogen and oxygen atoms in total. The minimum atomic E-state index is -1.21. The molecule has 1 aromatic rings. The third kappa shape index (κ3) is 4.13. The molecule has 0 aliphatic heterocycles. The topological polar surface area (TPSA) is 64.4 Å². The summed E-state index contributed by atoms with van der Waals surface area (Å²) in [5.74, 6) is -2.08. The van der Waals surface area contributed by atoms with Crippen molar-refractivity contribution in [2.45, 2.75) is 26.4 Å². The lowest BCUT2D eigenvalue weighted by Crippen LogP contribution is -2.33. The number of nitrogens with zero attached hydrogens (tertiary/aromatic N) is 1. The predicted molar refractivity (Wildman–Crippen MR) is 67.2 cm³/mol. The van der Waals surface area contributed by atoms with Gasteiger partial charge in [0.25, 0.3) is 0 Å². The molecule has 0 aliphatic carbocycles. The highest BCUT2D eigenvalue weighted by Crippen LogP contribution is 2.29. The number of benzene rings is 1. The Labute approximate surface area is 109 Å². The van der Waals surface area contributed by atoms with Crippen molar-refractivity contribution in [3.05, 3.63) is 33.9 Å². The maximum Gasteiger partial charge on any atom is 0.327 e. The van der Waals surface area contributed by atoms with Crippen LogP contribution in [0.1, 0.15) is 20.8 Å². The van der Waals surface area contributed by atoms with E-state index in [9.17, 15) is 18.9 Å². The maximum absolute atomic E-state index is 13.4. The molecule has 0 spiro atoms. The van der Waals surface area contributed by atoms with Gasteiger partial charge in [-0.1, -0.05) is 0 Å². The minimum Gasteiger partial charge on any atom is -0.376 e. The van der Waals surface area contributed by atoms with Crippen molar-refractivity contribution >= 4 is 11.4 Å². The fourth-order valence-electron chi connectivity index (χ4n) is 1.64. The van der Waals surface area contributed by atoms with Crippen LogP contribution in [-0.2, 0) is 4.74 Å². The second-order valence-corrected chi connectivity index (χ2v) is 4.59. The monoisotopic (exact) mass is 274 g/mol. The summed E-state index contributed by atoms with van der Waals surface area (Å²) in [5.41, 5.74) is -1.57. The average Bonchev–Trinajstić information content (AvgIpc) is 2.24. The Morgan fingerprint density at radius 2 is 2.05 bits per heavy atom. The van der Waals surface area contributed by atoms with Crippen LogP contribution in [0.25, 0.3) is 0 Å². The predicted octanol–water partition coefficient (Wildman–Crippen LogP) is 3.10. The van der Waals surface area contributed by atoms with Crippen LogP contribution < -0.4 is 5.32 Å². The van der Waals surface area contributed by atoms with E-state index in [0.29, 0.717) is 12.7 Å². The lowest BCUT2D eigenvalue weighted by Gasteiger charge is -2.25. The largest absolute Gasteiger partial charge is 0.376 e. The molecule has 0 unspecified atom stereocenters. The molecule has 1 aromatic carbocycles. The average molecular weight is 274 g/mol. The number of hydrogen-bond acceptors (Lipinski definition) is 4. The van der Waals surface area contributed by atoms with Gasteiger partial charge in [0.1, 0.15) is 11.5 Å². The number of nitro groups is 1. The molecule has 1 rings (SSSR count). The van der Waals surface area contributed by atoms with E-state index in [1.165, 1.54) is 0 Å². The molecule has 0 saturated carbocycles. The molecule has 0 atom stereocenters. The number of halogens is 2. The van der Waals surface area contributed by atoms with Gasteiger partial charge in [-0.15, -0.1) is 0 Å². The smallest absolute Gasteiger partial charge is 0.327 e. The molecule has 0 aromatic heterocycles. The van der Waals surface area contributed by atoms with Crippen molar-refractivity contribution in [2.75, 3.05) is 18.5 Å². The van der Waals surface area contributed by atoms with Gasteiger partial charge in [-0.2, -0.15) is 4.39 Å². The molecule has 0 amide bonds. The summed E-state index contributed by atoms with van der Waals surface area (Å²) in [6.07, 6.45) is 0. The van der Waals surface area contributed by atoms with Crippen LogP contribution in [0, 0.1) is 21.7 Å². The van der Waals surface area contributed by atoms with Gasteiger partial charge in [-0.3, -0.25) is 10.1 Å². The van der Waals surface area contributed by atoms with Crippen molar-refractivity contribution in [3.63, 3.8) is 0 Å². The molecule has 0 heterocycles. The normalized spacial score (nSPS) is 11.4. The van der Waals surface area contributed by atoms with Crippen LogP contribution in [-0.4, -0.2) is 23.7 Å². The summed E-state index contributed by atoms with van der Waals surface area (Å²) in [7, 11) is 0.